The minimum absolute atomic E-state index is 0.164. The molecule has 4 nitrogen and oxygen atoms in total. The summed E-state index contributed by atoms with van der Waals surface area (Å²) in [4.78, 5) is 12.9. The van der Waals surface area contributed by atoms with Gasteiger partial charge in [-0.05, 0) is 91.4 Å². The summed E-state index contributed by atoms with van der Waals surface area (Å²) in [5.74, 6) is 1.05. The normalized spacial score (nSPS) is 10.7. The maximum Gasteiger partial charge on any atom is 0.251 e. The molecule has 0 aromatic heterocycles. The number of rotatable bonds is 10. The largest absolute Gasteiger partial charge is 0.494 e. The third-order valence-corrected chi connectivity index (χ3v) is 5.25. The summed E-state index contributed by atoms with van der Waals surface area (Å²) in [6.07, 6.45) is 1.81. The lowest BCUT2D eigenvalue weighted by Gasteiger charge is -2.15. The second-order valence-corrected chi connectivity index (χ2v) is 8.20. The zero-order valence-electron chi connectivity index (χ0n) is 19.8. The number of hydrogen-bond donors (Lipinski definition) is 1. The number of ether oxygens (including phenoxy) is 2. The quantitative estimate of drug-likeness (QED) is 0.378. The van der Waals surface area contributed by atoms with E-state index >= 15 is 0 Å². The molecule has 0 aliphatic carbocycles. The summed E-state index contributed by atoms with van der Waals surface area (Å²) in [5, 5.41) is 3.00. The summed E-state index contributed by atoms with van der Waals surface area (Å²) >= 11 is 0. The standard InChI is InChI=1S/C28H32FNO3/c1-5-11-32-25-8-9-26(20(4)15-25)28(31)30-18-23-16-21(7-10-27(23)33-12-6-2)22-13-19(3)14-24(29)17-22/h7-10,13-17H,5-6,11-12,18H2,1-4H3,(H,30,31). The van der Waals surface area contributed by atoms with Crippen molar-refractivity contribution in [1.29, 1.82) is 0 Å². The number of aryl methyl sites for hydroxylation is 2. The summed E-state index contributed by atoms with van der Waals surface area (Å²) in [6, 6.07) is 16.2. The van der Waals surface area contributed by atoms with E-state index in [1.165, 1.54) is 12.1 Å². The van der Waals surface area contributed by atoms with Gasteiger partial charge in [-0.3, -0.25) is 4.79 Å². The fourth-order valence-corrected chi connectivity index (χ4v) is 3.62. The monoisotopic (exact) mass is 449 g/mol. The molecule has 1 N–H and O–H groups in total. The van der Waals surface area contributed by atoms with Crippen LogP contribution in [0.5, 0.6) is 11.5 Å². The van der Waals surface area contributed by atoms with Gasteiger partial charge in [0.25, 0.3) is 5.91 Å². The van der Waals surface area contributed by atoms with Crippen LogP contribution in [0.1, 0.15) is 53.7 Å². The average molecular weight is 450 g/mol. The van der Waals surface area contributed by atoms with Gasteiger partial charge < -0.3 is 14.8 Å². The van der Waals surface area contributed by atoms with Crippen molar-refractivity contribution in [3.8, 4) is 22.6 Å². The van der Waals surface area contributed by atoms with E-state index < -0.39 is 0 Å². The highest BCUT2D eigenvalue weighted by molar-refractivity contribution is 5.95. The average Bonchev–Trinajstić information content (AvgIpc) is 2.79. The molecule has 0 radical (unpaired) electrons. The van der Waals surface area contributed by atoms with Crippen LogP contribution in [0.3, 0.4) is 0 Å². The Morgan fingerprint density at radius 1 is 0.879 bits per heavy atom. The number of hydrogen-bond acceptors (Lipinski definition) is 3. The first-order valence-corrected chi connectivity index (χ1v) is 11.5. The minimum Gasteiger partial charge on any atom is -0.494 e. The molecule has 3 aromatic carbocycles. The van der Waals surface area contributed by atoms with Gasteiger partial charge in [-0.15, -0.1) is 0 Å². The van der Waals surface area contributed by atoms with Crippen molar-refractivity contribution < 1.29 is 18.7 Å². The molecule has 0 saturated carbocycles. The first kappa shape index (κ1) is 24.3. The molecule has 3 rings (SSSR count). The Hall–Kier alpha value is -3.34. The van der Waals surface area contributed by atoms with Gasteiger partial charge in [-0.2, -0.15) is 0 Å². The molecule has 1 amide bonds. The summed E-state index contributed by atoms with van der Waals surface area (Å²) in [7, 11) is 0. The van der Waals surface area contributed by atoms with Gasteiger partial charge in [0.05, 0.1) is 13.2 Å². The Bertz CT molecular complexity index is 1090. The number of carbonyl (C=O) groups excluding carboxylic acids is 1. The highest BCUT2D eigenvalue weighted by atomic mass is 19.1. The second kappa shape index (κ2) is 11.5. The van der Waals surface area contributed by atoms with Crippen molar-refractivity contribution in [2.24, 2.45) is 0 Å². The van der Waals surface area contributed by atoms with Crippen LogP contribution in [-0.2, 0) is 6.54 Å². The Kier molecular flexibility index (Phi) is 8.47. The van der Waals surface area contributed by atoms with Crippen molar-refractivity contribution in [2.75, 3.05) is 13.2 Å². The Labute approximate surface area is 195 Å². The van der Waals surface area contributed by atoms with Gasteiger partial charge in [0.2, 0.25) is 0 Å². The van der Waals surface area contributed by atoms with E-state index in [-0.39, 0.29) is 11.7 Å². The molecule has 0 bridgehead atoms. The van der Waals surface area contributed by atoms with Crippen molar-refractivity contribution in [3.63, 3.8) is 0 Å². The molecule has 0 unspecified atom stereocenters. The topological polar surface area (TPSA) is 47.6 Å². The van der Waals surface area contributed by atoms with Crippen LogP contribution >= 0.6 is 0 Å². The third kappa shape index (κ3) is 6.58. The lowest BCUT2D eigenvalue weighted by atomic mass is 10.0. The highest BCUT2D eigenvalue weighted by Gasteiger charge is 2.13. The molecule has 3 aromatic rings. The number of amides is 1. The SMILES string of the molecule is CCCOc1ccc(C(=O)NCc2cc(-c3cc(C)cc(F)c3)ccc2OCCC)c(C)c1. The fraction of sp³-hybridized carbons (Fsp3) is 0.321. The predicted molar refractivity (Wildman–Crippen MR) is 130 cm³/mol. The van der Waals surface area contributed by atoms with Crippen LogP contribution in [0.2, 0.25) is 0 Å². The lowest BCUT2D eigenvalue weighted by Crippen LogP contribution is -2.24. The summed E-state index contributed by atoms with van der Waals surface area (Å²) in [5.41, 5.74) is 4.82. The minimum atomic E-state index is -0.270. The summed E-state index contributed by atoms with van der Waals surface area (Å²) < 4.78 is 25.5. The molecule has 0 heterocycles. The van der Waals surface area contributed by atoms with Crippen LogP contribution in [0.25, 0.3) is 11.1 Å². The van der Waals surface area contributed by atoms with Crippen LogP contribution in [0, 0.1) is 19.7 Å². The molecule has 174 valence electrons. The smallest absolute Gasteiger partial charge is 0.251 e. The maximum absolute atomic E-state index is 13.9. The Morgan fingerprint density at radius 3 is 2.33 bits per heavy atom. The summed E-state index contributed by atoms with van der Waals surface area (Å²) in [6.45, 7) is 9.39. The molecule has 0 aliphatic rings. The van der Waals surface area contributed by atoms with Crippen LogP contribution in [0.15, 0.2) is 54.6 Å². The second-order valence-electron chi connectivity index (χ2n) is 8.20. The molecule has 5 heteroatoms. The molecule has 0 aliphatic heterocycles. The molecule has 0 spiro atoms. The molecular formula is C28H32FNO3. The van der Waals surface area contributed by atoms with Gasteiger partial charge in [0, 0.05) is 17.7 Å². The molecular weight excluding hydrogens is 417 g/mol. The van der Waals surface area contributed by atoms with Gasteiger partial charge in [-0.25, -0.2) is 4.39 Å². The van der Waals surface area contributed by atoms with E-state index in [9.17, 15) is 9.18 Å². The number of halogens is 1. The van der Waals surface area contributed by atoms with E-state index in [1.54, 1.807) is 6.07 Å². The van der Waals surface area contributed by atoms with E-state index in [0.717, 1.165) is 46.4 Å². The van der Waals surface area contributed by atoms with E-state index in [0.29, 0.717) is 31.1 Å². The van der Waals surface area contributed by atoms with Crippen molar-refractivity contribution in [2.45, 2.75) is 47.1 Å². The van der Waals surface area contributed by atoms with Gasteiger partial charge in [0.1, 0.15) is 17.3 Å². The highest BCUT2D eigenvalue weighted by Crippen LogP contribution is 2.28. The van der Waals surface area contributed by atoms with Crippen LogP contribution < -0.4 is 14.8 Å². The molecule has 33 heavy (non-hydrogen) atoms. The first-order valence-electron chi connectivity index (χ1n) is 11.5. The zero-order chi connectivity index (χ0) is 23.8. The number of carbonyl (C=O) groups is 1. The van der Waals surface area contributed by atoms with Crippen molar-refractivity contribution >= 4 is 5.91 Å². The molecule has 0 atom stereocenters. The Balaban J connectivity index is 1.81. The van der Waals surface area contributed by atoms with E-state index in [1.807, 2.05) is 57.2 Å². The number of benzene rings is 3. The van der Waals surface area contributed by atoms with Gasteiger partial charge in [-0.1, -0.05) is 26.0 Å². The first-order chi connectivity index (χ1) is 15.9. The van der Waals surface area contributed by atoms with Crippen LogP contribution in [0.4, 0.5) is 4.39 Å². The van der Waals surface area contributed by atoms with E-state index in [4.69, 9.17) is 9.47 Å². The lowest BCUT2D eigenvalue weighted by molar-refractivity contribution is 0.0950. The van der Waals surface area contributed by atoms with Gasteiger partial charge >= 0.3 is 0 Å². The third-order valence-electron chi connectivity index (χ3n) is 5.25. The van der Waals surface area contributed by atoms with Gasteiger partial charge in [0.15, 0.2) is 0 Å². The molecule has 0 fully saturated rings. The molecule has 0 saturated heterocycles. The predicted octanol–water partition coefficient (Wildman–Crippen LogP) is 6.62. The van der Waals surface area contributed by atoms with E-state index in [2.05, 4.69) is 12.2 Å². The zero-order valence-corrected chi connectivity index (χ0v) is 19.8. The maximum atomic E-state index is 13.9. The van der Waals surface area contributed by atoms with Crippen LogP contribution in [-0.4, -0.2) is 19.1 Å². The number of nitrogens with one attached hydrogen (secondary N) is 1. The Morgan fingerprint density at radius 2 is 1.64 bits per heavy atom. The van der Waals surface area contributed by atoms with Crippen molar-refractivity contribution in [1.82, 2.24) is 5.32 Å². The van der Waals surface area contributed by atoms with Crippen molar-refractivity contribution in [3.05, 3.63) is 82.7 Å². The fourth-order valence-electron chi connectivity index (χ4n) is 3.62.